The van der Waals surface area contributed by atoms with Gasteiger partial charge in [0.2, 0.25) is 5.88 Å². The first-order valence-corrected chi connectivity index (χ1v) is 7.55. The van der Waals surface area contributed by atoms with Gasteiger partial charge < -0.3 is 10.1 Å². The van der Waals surface area contributed by atoms with Crippen LogP contribution in [-0.2, 0) is 13.1 Å². The Morgan fingerprint density at radius 3 is 2.90 bits per heavy atom. The molecule has 2 aromatic rings. The summed E-state index contributed by atoms with van der Waals surface area (Å²) >= 11 is 6.15. The lowest BCUT2D eigenvalue weighted by Gasteiger charge is -2.10. The van der Waals surface area contributed by atoms with E-state index >= 15 is 0 Å². The summed E-state index contributed by atoms with van der Waals surface area (Å²) < 4.78 is 7.58. The van der Waals surface area contributed by atoms with Crippen LogP contribution in [0.4, 0.5) is 0 Å². The molecule has 0 saturated carbocycles. The minimum atomic E-state index is 0.375. The molecule has 0 atom stereocenters. The van der Waals surface area contributed by atoms with Crippen LogP contribution in [0.1, 0.15) is 32.9 Å². The molecule has 2 rings (SSSR count). The molecule has 0 aliphatic rings. The quantitative estimate of drug-likeness (QED) is 0.848. The number of aryl methyl sites for hydroxylation is 1. The van der Waals surface area contributed by atoms with Gasteiger partial charge in [-0.1, -0.05) is 32.4 Å². The maximum atomic E-state index is 6.15. The zero-order valence-corrected chi connectivity index (χ0v) is 13.4. The zero-order chi connectivity index (χ0) is 15.2. The van der Waals surface area contributed by atoms with Gasteiger partial charge in [0.15, 0.2) is 5.75 Å². The van der Waals surface area contributed by atoms with E-state index < -0.39 is 0 Å². The van der Waals surface area contributed by atoms with Crippen LogP contribution >= 0.6 is 11.6 Å². The van der Waals surface area contributed by atoms with Crippen LogP contribution in [0.15, 0.2) is 24.5 Å². The molecule has 6 heteroatoms. The molecule has 2 aromatic heterocycles. The van der Waals surface area contributed by atoms with Gasteiger partial charge in [-0.25, -0.2) is 4.98 Å². The van der Waals surface area contributed by atoms with Crippen molar-refractivity contribution in [2.24, 2.45) is 0 Å². The van der Waals surface area contributed by atoms with Crippen molar-refractivity contribution in [2.75, 3.05) is 0 Å². The summed E-state index contributed by atoms with van der Waals surface area (Å²) in [6, 6.07) is 3.94. The lowest BCUT2D eigenvalue weighted by atomic mass is 10.3. The fourth-order valence-corrected chi connectivity index (χ4v) is 1.99. The van der Waals surface area contributed by atoms with Crippen molar-refractivity contribution >= 4 is 11.6 Å². The van der Waals surface area contributed by atoms with E-state index in [0.717, 1.165) is 18.7 Å². The van der Waals surface area contributed by atoms with Crippen molar-refractivity contribution in [3.05, 3.63) is 35.2 Å². The highest BCUT2D eigenvalue weighted by molar-refractivity contribution is 6.31. The van der Waals surface area contributed by atoms with Gasteiger partial charge in [0.1, 0.15) is 0 Å². The number of halogens is 1. The van der Waals surface area contributed by atoms with E-state index in [1.165, 1.54) is 0 Å². The van der Waals surface area contributed by atoms with Gasteiger partial charge in [0.05, 0.1) is 23.1 Å². The summed E-state index contributed by atoms with van der Waals surface area (Å²) in [5, 5.41) is 8.16. The molecule has 0 fully saturated rings. The highest BCUT2D eigenvalue weighted by Crippen LogP contribution is 2.22. The average Bonchev–Trinajstić information content (AvgIpc) is 2.87. The van der Waals surface area contributed by atoms with Gasteiger partial charge in [-0.2, -0.15) is 5.10 Å². The van der Waals surface area contributed by atoms with E-state index in [1.54, 1.807) is 18.3 Å². The van der Waals surface area contributed by atoms with Crippen molar-refractivity contribution < 1.29 is 4.74 Å². The lowest BCUT2D eigenvalue weighted by Crippen LogP contribution is -2.22. The van der Waals surface area contributed by atoms with Crippen molar-refractivity contribution in [1.29, 1.82) is 0 Å². The second kappa shape index (κ2) is 7.43. The first-order valence-electron chi connectivity index (χ1n) is 7.17. The molecule has 114 valence electrons. The molecule has 0 bridgehead atoms. The monoisotopic (exact) mass is 308 g/mol. The highest BCUT2D eigenvalue weighted by Gasteiger charge is 2.07. The van der Waals surface area contributed by atoms with Gasteiger partial charge in [-0.15, -0.1) is 0 Å². The zero-order valence-electron chi connectivity index (χ0n) is 12.6. The van der Waals surface area contributed by atoms with Gasteiger partial charge in [-0.05, 0) is 12.5 Å². The molecule has 0 aliphatic heterocycles. The molecule has 0 saturated heterocycles. The van der Waals surface area contributed by atoms with Crippen molar-refractivity contribution in [3.63, 3.8) is 0 Å². The minimum absolute atomic E-state index is 0.375. The highest BCUT2D eigenvalue weighted by atomic mass is 35.5. The fourth-order valence-electron chi connectivity index (χ4n) is 1.82. The number of hydrogen-bond acceptors (Lipinski definition) is 4. The van der Waals surface area contributed by atoms with Crippen molar-refractivity contribution in [3.8, 4) is 11.6 Å². The van der Waals surface area contributed by atoms with Crippen LogP contribution in [0.3, 0.4) is 0 Å². The Hall–Kier alpha value is -1.59. The Morgan fingerprint density at radius 1 is 1.38 bits per heavy atom. The molecular weight excluding hydrogens is 288 g/mol. The summed E-state index contributed by atoms with van der Waals surface area (Å²) in [6.07, 6.45) is 4.59. The Kier molecular flexibility index (Phi) is 5.59. The minimum Gasteiger partial charge on any atom is -0.436 e. The van der Waals surface area contributed by atoms with Gasteiger partial charge in [0.25, 0.3) is 0 Å². The molecule has 0 aliphatic carbocycles. The number of nitrogens with zero attached hydrogens (tertiary/aromatic N) is 3. The first kappa shape index (κ1) is 15.8. The Balaban J connectivity index is 2.07. The fraction of sp³-hybridized carbons (Fsp3) is 0.467. The number of hydrogen-bond donors (Lipinski definition) is 1. The predicted octanol–water partition coefficient (Wildman–Crippen LogP) is 3.63. The van der Waals surface area contributed by atoms with Crippen LogP contribution in [0.5, 0.6) is 11.6 Å². The maximum absolute atomic E-state index is 6.15. The molecule has 0 unspecified atom stereocenters. The maximum Gasteiger partial charge on any atom is 0.219 e. The van der Waals surface area contributed by atoms with E-state index in [2.05, 4.69) is 36.2 Å². The summed E-state index contributed by atoms with van der Waals surface area (Å²) in [4.78, 5) is 4.44. The number of aromatic nitrogens is 3. The van der Waals surface area contributed by atoms with Crippen LogP contribution in [0.25, 0.3) is 0 Å². The summed E-state index contributed by atoms with van der Waals surface area (Å²) in [5.41, 5.74) is 0.781. The number of pyridine rings is 1. The van der Waals surface area contributed by atoms with E-state index in [-0.39, 0.29) is 0 Å². The van der Waals surface area contributed by atoms with Crippen molar-refractivity contribution in [2.45, 2.75) is 46.3 Å². The molecule has 1 N–H and O–H groups in total. The van der Waals surface area contributed by atoms with Crippen LogP contribution in [0.2, 0.25) is 5.02 Å². The summed E-state index contributed by atoms with van der Waals surface area (Å²) in [5.74, 6) is 1.21. The first-order chi connectivity index (χ1) is 10.1. The topological polar surface area (TPSA) is 52.0 Å². The molecule has 5 nitrogen and oxygen atoms in total. The van der Waals surface area contributed by atoms with E-state index in [0.29, 0.717) is 29.2 Å². The van der Waals surface area contributed by atoms with Crippen molar-refractivity contribution in [1.82, 2.24) is 20.1 Å². The number of ether oxygens (including phenoxy) is 1. The molecule has 2 heterocycles. The van der Waals surface area contributed by atoms with Crippen LogP contribution in [-0.4, -0.2) is 20.8 Å². The van der Waals surface area contributed by atoms with Crippen LogP contribution < -0.4 is 10.1 Å². The molecule has 0 spiro atoms. The number of nitrogens with one attached hydrogen (secondary N) is 1. The standard InChI is InChI=1S/C15H21ClN4O/c1-4-7-20-10-12(8-18-20)21-15-6-5-13(16)14(19-15)9-17-11(2)3/h5-6,8,10-11,17H,4,7,9H2,1-3H3. The lowest BCUT2D eigenvalue weighted by molar-refractivity contribution is 0.457. The van der Waals surface area contributed by atoms with E-state index in [9.17, 15) is 0 Å². The van der Waals surface area contributed by atoms with E-state index in [1.807, 2.05) is 10.9 Å². The normalized spacial score (nSPS) is 11.1. The second-order valence-corrected chi connectivity index (χ2v) is 5.56. The molecule has 0 aromatic carbocycles. The predicted molar refractivity (Wildman–Crippen MR) is 83.8 cm³/mol. The third kappa shape index (κ3) is 4.72. The average molecular weight is 309 g/mol. The summed E-state index contributed by atoms with van der Waals surface area (Å²) in [7, 11) is 0. The Morgan fingerprint density at radius 2 is 2.19 bits per heavy atom. The third-order valence-corrected chi connectivity index (χ3v) is 3.20. The molecule has 0 amide bonds. The number of rotatable bonds is 7. The molecule has 0 radical (unpaired) electrons. The van der Waals surface area contributed by atoms with Gasteiger partial charge in [-0.3, -0.25) is 4.68 Å². The van der Waals surface area contributed by atoms with Gasteiger partial charge in [0, 0.05) is 25.2 Å². The Bertz CT molecular complexity index is 583. The second-order valence-electron chi connectivity index (χ2n) is 5.15. The third-order valence-electron chi connectivity index (χ3n) is 2.86. The van der Waals surface area contributed by atoms with Crippen LogP contribution in [0, 0.1) is 0 Å². The Labute approximate surface area is 130 Å². The van der Waals surface area contributed by atoms with E-state index in [4.69, 9.17) is 16.3 Å². The molecular formula is C15H21ClN4O. The summed E-state index contributed by atoms with van der Waals surface area (Å²) in [6.45, 7) is 7.76. The smallest absolute Gasteiger partial charge is 0.219 e. The molecule has 21 heavy (non-hydrogen) atoms. The SMILES string of the molecule is CCCn1cc(Oc2ccc(Cl)c(CNC(C)C)n2)cn1. The largest absolute Gasteiger partial charge is 0.436 e. The van der Waals surface area contributed by atoms with Gasteiger partial charge >= 0.3 is 0 Å².